The number of nitrogens with two attached hydrogens (primary N) is 4. The number of hydrogen-bond acceptors (Lipinski definition) is 18. The van der Waals surface area contributed by atoms with Gasteiger partial charge < -0.3 is 101 Å². The molecule has 24 N–H and O–H groups in total. The number of hydrogen-bond donors (Lipinski definition) is 20. The molecule has 494 valence electrons. The lowest BCUT2D eigenvalue weighted by Crippen LogP contribution is -2.62. The van der Waals surface area contributed by atoms with Crippen molar-refractivity contribution in [2.45, 2.75) is 172 Å². The summed E-state index contributed by atoms with van der Waals surface area (Å²) >= 11 is 1.27. The van der Waals surface area contributed by atoms with E-state index < -0.39 is 139 Å². The van der Waals surface area contributed by atoms with Crippen LogP contribution in [0.25, 0.3) is 0 Å². The fourth-order valence-electron chi connectivity index (χ4n) is 9.33. The minimum Gasteiger partial charge on any atom is -0.508 e. The lowest BCUT2D eigenvalue weighted by atomic mass is 10.0. The zero-order valence-corrected chi connectivity index (χ0v) is 51.4. The number of aliphatic carboxylic acids is 1. The molecule has 88 heavy (non-hydrogen) atoms. The van der Waals surface area contributed by atoms with E-state index in [2.05, 4.69) is 53.2 Å². The highest BCUT2D eigenvalue weighted by molar-refractivity contribution is 7.98. The molecule has 11 atom stereocenters. The van der Waals surface area contributed by atoms with Crippen LogP contribution >= 0.6 is 11.8 Å². The lowest BCUT2D eigenvalue weighted by Gasteiger charge is -2.29. The van der Waals surface area contributed by atoms with Crippen LogP contribution in [0, 0.1) is 22.7 Å². The molecule has 1 saturated heterocycles. The van der Waals surface area contributed by atoms with Crippen molar-refractivity contribution in [2.24, 2.45) is 34.8 Å². The van der Waals surface area contributed by atoms with E-state index in [-0.39, 0.29) is 106 Å². The number of aromatic hydroxyl groups is 1. The van der Waals surface area contributed by atoms with E-state index >= 15 is 0 Å². The summed E-state index contributed by atoms with van der Waals surface area (Å²) in [4.78, 5) is 151. The van der Waals surface area contributed by atoms with Crippen molar-refractivity contribution in [1.82, 2.24) is 58.1 Å². The molecule has 1 aliphatic heterocycles. The van der Waals surface area contributed by atoms with Gasteiger partial charge in [-0.25, -0.2) is 0 Å². The van der Waals surface area contributed by atoms with Crippen LogP contribution in [-0.4, -0.2) is 208 Å². The minimum absolute atomic E-state index is 0.0721. The summed E-state index contributed by atoms with van der Waals surface area (Å²) in [5.41, 5.74) is 22.5. The molecule has 1 aromatic rings. The standard InChI is InChI=1S/C55H93N17O15S/c1-29(2)25-37(44(57)78)67-45(79)35(13-9-22-63-55(60)61)65-48(82)38(26-32-15-17-33(75)18-16-32)68-46(80)34(12-6-7-20-56)64-49(83)39(27-42(76)77)69-52(86)43(31(4)74)71-47(81)36(19-24-88-5)66-50(84)40(28-73)70-51(85)41-14-10-23-72(41)53(87)30(3)11-8-21-62-54(58)59/h15-18,29-31,34-41,43,73-75H,6-14,19-28,56H2,1-5H3,(H2,57,78)(H,64,83)(H,65,82)(H,66,84)(H,67,79)(H,68,80)(H,69,86)(H,70,85)(H,71,81)(H,76,77)(H4,58,59,62)(H4,60,61,63)/t30-,31+,34-,35-,36-,37-,38-,39-,40-,41-,43-/m0/s1. The Hall–Kier alpha value is -8.04. The molecule has 0 radical (unpaired) electrons. The highest BCUT2D eigenvalue weighted by Crippen LogP contribution is 2.22. The molecule has 1 aliphatic rings. The number of benzene rings is 1. The average molecular weight is 1260 g/mol. The van der Waals surface area contributed by atoms with Gasteiger partial charge in [-0.1, -0.05) is 32.9 Å². The molecule has 1 aromatic carbocycles. The van der Waals surface area contributed by atoms with E-state index in [9.17, 15) is 73.2 Å². The zero-order valence-electron chi connectivity index (χ0n) is 50.6. The van der Waals surface area contributed by atoms with Crippen molar-refractivity contribution in [2.75, 3.05) is 44.8 Å². The Labute approximate surface area is 515 Å². The first-order valence-electron chi connectivity index (χ1n) is 29.2. The first-order valence-corrected chi connectivity index (χ1v) is 30.6. The number of carboxylic acids is 1. The van der Waals surface area contributed by atoms with Crippen LogP contribution in [0.3, 0.4) is 0 Å². The molecule has 0 aliphatic carbocycles. The summed E-state index contributed by atoms with van der Waals surface area (Å²) in [5.74, 6) is -11.8. The third kappa shape index (κ3) is 27.8. The number of aliphatic hydroxyl groups excluding tert-OH is 2. The largest absolute Gasteiger partial charge is 0.508 e. The molecule has 0 unspecified atom stereocenters. The second kappa shape index (κ2) is 39.7. The van der Waals surface area contributed by atoms with E-state index in [0.717, 1.165) is 6.92 Å². The molecule has 1 fully saturated rings. The number of carboxylic acid groups (broad SMARTS) is 1. The number of unbranched alkanes of at least 4 members (excludes halogenated alkanes) is 1. The Balaban J connectivity index is 2.41. The quantitative estimate of drug-likeness (QED) is 0.0166. The molecule has 32 nitrogen and oxygen atoms in total. The maximum Gasteiger partial charge on any atom is 0.305 e. The van der Waals surface area contributed by atoms with Crippen LogP contribution in [0.15, 0.2) is 24.3 Å². The third-order valence-corrected chi connectivity index (χ3v) is 14.7. The van der Waals surface area contributed by atoms with E-state index in [1.807, 2.05) is 0 Å². The molecular weight excluding hydrogens is 1170 g/mol. The number of guanidine groups is 2. The number of likely N-dealkylation sites (tertiary alicyclic amines) is 1. The van der Waals surface area contributed by atoms with Gasteiger partial charge in [-0.3, -0.25) is 63.6 Å². The van der Waals surface area contributed by atoms with E-state index in [0.29, 0.717) is 37.8 Å². The first kappa shape index (κ1) is 76.1. The van der Waals surface area contributed by atoms with Crippen LogP contribution in [0.5, 0.6) is 5.75 Å². The number of aliphatic hydroxyl groups is 2. The average Bonchev–Trinajstić information content (AvgIpc) is 3.44. The second-order valence-corrected chi connectivity index (χ2v) is 22.9. The lowest BCUT2D eigenvalue weighted by molar-refractivity contribution is -0.142. The maximum atomic E-state index is 14.4. The predicted molar refractivity (Wildman–Crippen MR) is 325 cm³/mol. The molecular formula is C55H93N17O15S. The van der Waals surface area contributed by atoms with Crippen molar-refractivity contribution in [3.63, 3.8) is 0 Å². The van der Waals surface area contributed by atoms with Crippen molar-refractivity contribution >= 4 is 88.7 Å². The molecule has 10 amide bonds. The van der Waals surface area contributed by atoms with Gasteiger partial charge in [0.15, 0.2) is 11.9 Å². The molecule has 33 heteroatoms. The summed E-state index contributed by atoms with van der Waals surface area (Å²) in [5, 5.41) is 80.8. The van der Waals surface area contributed by atoms with Gasteiger partial charge in [0, 0.05) is 32.0 Å². The molecule has 0 saturated carbocycles. The number of carbonyl (C=O) groups excluding carboxylic acids is 10. The van der Waals surface area contributed by atoms with Crippen molar-refractivity contribution in [3.05, 3.63) is 29.8 Å². The summed E-state index contributed by atoms with van der Waals surface area (Å²) in [6.07, 6.45) is 0.771. The normalized spacial score (nSPS) is 16.2. The van der Waals surface area contributed by atoms with Crippen molar-refractivity contribution in [3.8, 4) is 5.75 Å². The number of rotatable bonds is 41. The van der Waals surface area contributed by atoms with Crippen molar-refractivity contribution in [1.29, 1.82) is 10.8 Å². The zero-order chi connectivity index (χ0) is 66.2. The third-order valence-electron chi connectivity index (χ3n) is 14.1. The van der Waals surface area contributed by atoms with Gasteiger partial charge in [0.1, 0.15) is 60.1 Å². The number of amides is 10. The Morgan fingerprint density at radius 3 is 1.64 bits per heavy atom. The fourth-order valence-corrected chi connectivity index (χ4v) is 9.80. The summed E-state index contributed by atoms with van der Waals surface area (Å²) in [6.45, 7) is 6.33. The van der Waals surface area contributed by atoms with Gasteiger partial charge in [-0.05, 0) is 120 Å². The highest BCUT2D eigenvalue weighted by atomic mass is 32.2. The number of carbonyl (C=O) groups is 11. The molecule has 0 bridgehead atoms. The summed E-state index contributed by atoms with van der Waals surface area (Å²) < 4.78 is 0. The Morgan fingerprint density at radius 2 is 1.12 bits per heavy atom. The summed E-state index contributed by atoms with van der Waals surface area (Å²) in [6, 6.07) is -8.00. The van der Waals surface area contributed by atoms with E-state index in [1.54, 1.807) is 27.0 Å². The maximum absolute atomic E-state index is 14.4. The van der Waals surface area contributed by atoms with Gasteiger partial charge in [0.25, 0.3) is 0 Å². The van der Waals surface area contributed by atoms with Crippen LogP contribution in [0.4, 0.5) is 0 Å². The van der Waals surface area contributed by atoms with Crippen LogP contribution in [0.1, 0.15) is 110 Å². The summed E-state index contributed by atoms with van der Waals surface area (Å²) in [7, 11) is 0. The van der Waals surface area contributed by atoms with Gasteiger partial charge in [0.05, 0.1) is 19.1 Å². The van der Waals surface area contributed by atoms with Gasteiger partial charge in [-0.15, -0.1) is 0 Å². The second-order valence-electron chi connectivity index (χ2n) is 22.0. The Bertz CT molecular complexity index is 2530. The first-order chi connectivity index (χ1) is 41.5. The topological polar surface area (TPSA) is 544 Å². The van der Waals surface area contributed by atoms with Crippen LogP contribution in [-0.2, 0) is 59.2 Å². The van der Waals surface area contributed by atoms with Gasteiger partial charge in [-0.2, -0.15) is 11.8 Å². The van der Waals surface area contributed by atoms with Crippen LogP contribution < -0.4 is 76.1 Å². The number of phenols is 1. The monoisotopic (exact) mass is 1260 g/mol. The van der Waals surface area contributed by atoms with Gasteiger partial charge in [0.2, 0.25) is 59.1 Å². The van der Waals surface area contributed by atoms with E-state index in [4.69, 9.17) is 33.8 Å². The van der Waals surface area contributed by atoms with Crippen molar-refractivity contribution < 1.29 is 73.2 Å². The Kier molecular flexibility index (Phi) is 34.3. The molecule has 0 spiro atoms. The molecule has 0 aromatic heterocycles. The Morgan fingerprint density at radius 1 is 0.636 bits per heavy atom. The number of thioether (sulfide) groups is 1. The number of nitrogens with one attached hydrogen (secondary N) is 12. The van der Waals surface area contributed by atoms with Gasteiger partial charge >= 0.3 is 5.97 Å². The molecule has 1 heterocycles. The predicted octanol–water partition coefficient (Wildman–Crippen LogP) is -4.77. The highest BCUT2D eigenvalue weighted by Gasteiger charge is 2.40. The number of primary amides is 1. The minimum atomic E-state index is -1.99. The number of phenolic OH excluding ortho intramolecular Hbond substituents is 1. The van der Waals surface area contributed by atoms with E-state index in [1.165, 1.54) is 40.9 Å². The smallest absolute Gasteiger partial charge is 0.305 e. The molecule has 2 rings (SSSR count). The fraction of sp³-hybridized carbons (Fsp3) is 0.655. The SMILES string of the molecule is CSCC[C@H](NC(=O)[C@H](CO)NC(=O)[C@@H]1CCCN1C(=O)[C@@H](C)CCCNC(=N)N)C(=O)N[C@H](C(=O)N[C@@H](CC(=O)O)C(=O)N[C@@H](CCCCN)C(=O)N[C@@H](Cc1ccc(O)cc1)C(=O)N[C@@H](CCCNC(=N)N)C(=O)N[C@@H](CC(C)C)C(N)=O)[C@@H](C)O. The number of nitrogens with zero attached hydrogens (tertiary/aromatic N) is 1. The van der Waals surface area contributed by atoms with Crippen LogP contribution in [0.2, 0.25) is 0 Å².